The molecule has 0 N–H and O–H groups in total. The van der Waals surface area contributed by atoms with Gasteiger partial charge in [0, 0.05) is 42.8 Å². The van der Waals surface area contributed by atoms with Crippen LogP contribution >= 0.6 is 0 Å². The van der Waals surface area contributed by atoms with Crippen LogP contribution in [0, 0.1) is 11.7 Å². The second-order valence-electron chi connectivity index (χ2n) is 8.67. The minimum atomic E-state index is -0.247. The number of piperidine rings is 1. The summed E-state index contributed by atoms with van der Waals surface area (Å²) in [7, 11) is 0. The molecular weight excluding hydrogens is 405 g/mol. The van der Waals surface area contributed by atoms with Crippen molar-refractivity contribution in [3.8, 4) is 11.3 Å². The Bertz CT molecular complexity index is 1110. The molecule has 1 aromatic carbocycles. The fraction of sp³-hybridized carbons (Fsp3) is 0.360. The monoisotopic (exact) mass is 431 g/mol. The molecule has 1 fully saturated rings. The maximum atomic E-state index is 13.7. The summed E-state index contributed by atoms with van der Waals surface area (Å²) >= 11 is 0. The number of pyridine rings is 1. The van der Waals surface area contributed by atoms with Crippen LogP contribution in [0.25, 0.3) is 11.3 Å². The van der Waals surface area contributed by atoms with Crippen molar-refractivity contribution in [1.29, 1.82) is 0 Å². The Morgan fingerprint density at radius 2 is 1.91 bits per heavy atom. The van der Waals surface area contributed by atoms with Crippen LogP contribution < -0.4 is 9.80 Å². The largest absolute Gasteiger partial charge is 0.354 e. The first kappa shape index (κ1) is 20.5. The molecule has 7 heteroatoms. The average Bonchev–Trinajstić information content (AvgIpc) is 2.84. The number of halogens is 1. The number of nitrogens with zero attached hydrogens (tertiary/aromatic N) is 5. The van der Waals surface area contributed by atoms with Gasteiger partial charge in [-0.1, -0.05) is 0 Å². The van der Waals surface area contributed by atoms with E-state index in [4.69, 9.17) is 0 Å². The van der Waals surface area contributed by atoms with E-state index in [2.05, 4.69) is 27.0 Å². The number of hydrogen-bond donors (Lipinski definition) is 0. The molecule has 4 heterocycles. The van der Waals surface area contributed by atoms with E-state index in [0.29, 0.717) is 6.54 Å². The topological polar surface area (TPSA) is 62.2 Å². The summed E-state index contributed by atoms with van der Waals surface area (Å²) in [6.07, 6.45) is 6.88. The molecule has 0 saturated carbocycles. The van der Waals surface area contributed by atoms with Gasteiger partial charge >= 0.3 is 0 Å². The number of fused-ring (bicyclic) bond motifs is 1. The zero-order valence-electron chi connectivity index (χ0n) is 18.1. The molecule has 0 bridgehead atoms. The maximum absolute atomic E-state index is 13.7. The number of hydrogen-bond acceptors (Lipinski definition) is 5. The predicted molar refractivity (Wildman–Crippen MR) is 122 cm³/mol. The molecule has 0 radical (unpaired) electrons. The number of benzene rings is 1. The van der Waals surface area contributed by atoms with E-state index in [0.717, 1.165) is 60.6 Å². The van der Waals surface area contributed by atoms with Gasteiger partial charge in [-0.05, 0) is 80.6 Å². The van der Waals surface area contributed by atoms with E-state index in [1.165, 1.54) is 6.07 Å². The summed E-state index contributed by atoms with van der Waals surface area (Å²) in [5.74, 6) is 0.540. The Hall–Kier alpha value is -3.35. The Morgan fingerprint density at radius 1 is 1.06 bits per heavy atom. The number of carbonyl (C=O) groups excluding carboxylic acids is 1. The minimum absolute atomic E-state index is 0.107. The molecule has 1 saturated heterocycles. The molecule has 6 nitrogen and oxygen atoms in total. The lowest BCUT2D eigenvalue weighted by atomic mass is 9.91. The van der Waals surface area contributed by atoms with Gasteiger partial charge in [-0.25, -0.2) is 4.39 Å². The van der Waals surface area contributed by atoms with Gasteiger partial charge in [-0.3, -0.25) is 9.78 Å². The first-order valence-electron chi connectivity index (χ1n) is 11.2. The number of anilines is 2. The summed E-state index contributed by atoms with van der Waals surface area (Å²) in [6.45, 7) is 3.54. The average molecular weight is 432 g/mol. The van der Waals surface area contributed by atoms with E-state index in [1.807, 2.05) is 29.2 Å². The van der Waals surface area contributed by atoms with Gasteiger partial charge in [0.25, 0.3) is 0 Å². The standard InChI is InChI=1S/C25H26FN5O/c1-17-4-5-19-15-21(26)6-8-23(19)31(17)25(32)20-3-2-14-30(16-20)24-9-7-22(28-29-24)18-10-12-27-13-11-18/h6-13,15,17,20H,2-5,14,16H2,1H3. The summed E-state index contributed by atoms with van der Waals surface area (Å²) in [5, 5.41) is 8.82. The third kappa shape index (κ3) is 3.95. The SMILES string of the molecule is CC1CCc2cc(F)ccc2N1C(=O)C1CCCN(c2ccc(-c3ccncc3)nn2)C1. The summed E-state index contributed by atoms with van der Waals surface area (Å²) in [5.41, 5.74) is 3.54. The van der Waals surface area contributed by atoms with Crippen molar-refractivity contribution in [1.82, 2.24) is 15.2 Å². The zero-order chi connectivity index (χ0) is 22.1. The third-order valence-corrected chi connectivity index (χ3v) is 6.53. The van der Waals surface area contributed by atoms with Gasteiger partial charge in [0.15, 0.2) is 5.82 Å². The molecule has 0 spiro atoms. The third-order valence-electron chi connectivity index (χ3n) is 6.53. The molecule has 164 valence electrons. The fourth-order valence-corrected chi connectivity index (χ4v) is 4.81. The Morgan fingerprint density at radius 3 is 2.69 bits per heavy atom. The molecule has 5 rings (SSSR count). The van der Waals surface area contributed by atoms with Crippen LogP contribution in [0.4, 0.5) is 15.9 Å². The lowest BCUT2D eigenvalue weighted by molar-refractivity contribution is -0.123. The van der Waals surface area contributed by atoms with Crippen molar-refractivity contribution < 1.29 is 9.18 Å². The quantitative estimate of drug-likeness (QED) is 0.620. The van der Waals surface area contributed by atoms with Gasteiger partial charge in [-0.15, -0.1) is 10.2 Å². The number of rotatable bonds is 3. The van der Waals surface area contributed by atoms with Crippen molar-refractivity contribution in [2.75, 3.05) is 22.9 Å². The van der Waals surface area contributed by atoms with Crippen molar-refractivity contribution in [2.24, 2.45) is 5.92 Å². The van der Waals surface area contributed by atoms with Crippen molar-refractivity contribution in [3.05, 3.63) is 66.2 Å². The zero-order valence-corrected chi connectivity index (χ0v) is 18.1. The van der Waals surface area contributed by atoms with Crippen LogP contribution in [0.2, 0.25) is 0 Å². The predicted octanol–water partition coefficient (Wildman–Crippen LogP) is 4.26. The van der Waals surface area contributed by atoms with Crippen molar-refractivity contribution >= 4 is 17.4 Å². The van der Waals surface area contributed by atoms with Gasteiger partial charge in [0.1, 0.15) is 5.82 Å². The smallest absolute Gasteiger partial charge is 0.232 e. The minimum Gasteiger partial charge on any atom is -0.354 e. The highest BCUT2D eigenvalue weighted by molar-refractivity contribution is 5.97. The summed E-state index contributed by atoms with van der Waals surface area (Å²) < 4.78 is 13.7. The fourth-order valence-electron chi connectivity index (χ4n) is 4.81. The second kappa shape index (κ2) is 8.65. The van der Waals surface area contributed by atoms with E-state index >= 15 is 0 Å². The molecule has 0 aliphatic carbocycles. The molecule has 2 aromatic heterocycles. The normalized spacial score (nSPS) is 20.7. The molecule has 2 atom stereocenters. The Labute approximate surface area is 187 Å². The van der Waals surface area contributed by atoms with Gasteiger partial charge in [-0.2, -0.15) is 0 Å². The lowest BCUT2D eigenvalue weighted by Gasteiger charge is -2.40. The maximum Gasteiger partial charge on any atom is 0.232 e. The van der Waals surface area contributed by atoms with Crippen LogP contribution in [0.5, 0.6) is 0 Å². The van der Waals surface area contributed by atoms with Crippen LogP contribution in [-0.2, 0) is 11.2 Å². The van der Waals surface area contributed by atoms with Crippen LogP contribution in [0.3, 0.4) is 0 Å². The van der Waals surface area contributed by atoms with E-state index in [1.54, 1.807) is 24.5 Å². The number of aromatic nitrogens is 3. The van der Waals surface area contributed by atoms with Gasteiger partial charge in [0.05, 0.1) is 11.6 Å². The summed E-state index contributed by atoms with van der Waals surface area (Å²) in [4.78, 5) is 21.7. The first-order valence-corrected chi connectivity index (χ1v) is 11.2. The van der Waals surface area contributed by atoms with Gasteiger partial charge in [0.2, 0.25) is 5.91 Å². The van der Waals surface area contributed by atoms with E-state index < -0.39 is 0 Å². The number of amides is 1. The highest BCUT2D eigenvalue weighted by Gasteiger charge is 2.35. The van der Waals surface area contributed by atoms with Crippen molar-refractivity contribution in [3.63, 3.8) is 0 Å². The first-order chi connectivity index (χ1) is 15.6. The molecular formula is C25H26FN5O. The lowest BCUT2D eigenvalue weighted by Crippen LogP contribution is -2.49. The highest BCUT2D eigenvalue weighted by atomic mass is 19.1. The summed E-state index contributed by atoms with van der Waals surface area (Å²) in [6, 6.07) is 12.6. The molecule has 2 aliphatic rings. The van der Waals surface area contributed by atoms with E-state index in [-0.39, 0.29) is 23.7 Å². The number of carbonyl (C=O) groups is 1. The number of aryl methyl sites for hydroxylation is 1. The molecule has 32 heavy (non-hydrogen) atoms. The Balaban J connectivity index is 1.34. The second-order valence-corrected chi connectivity index (χ2v) is 8.67. The van der Waals surface area contributed by atoms with Crippen molar-refractivity contribution in [2.45, 2.75) is 38.6 Å². The molecule has 1 amide bonds. The van der Waals surface area contributed by atoms with Crippen LogP contribution in [0.15, 0.2) is 54.9 Å². The van der Waals surface area contributed by atoms with Crippen LogP contribution in [-0.4, -0.2) is 40.2 Å². The van der Waals surface area contributed by atoms with Crippen LogP contribution in [0.1, 0.15) is 31.7 Å². The van der Waals surface area contributed by atoms with Gasteiger partial charge < -0.3 is 9.80 Å². The van der Waals surface area contributed by atoms with E-state index in [9.17, 15) is 9.18 Å². The molecule has 3 aromatic rings. The highest BCUT2D eigenvalue weighted by Crippen LogP contribution is 2.34. The molecule has 2 unspecified atom stereocenters. The Kier molecular flexibility index (Phi) is 5.55. The molecule has 2 aliphatic heterocycles.